The van der Waals surface area contributed by atoms with Crippen LogP contribution in [0.5, 0.6) is 0 Å². The van der Waals surface area contributed by atoms with Gasteiger partial charge in [-0.3, -0.25) is 4.79 Å². The minimum absolute atomic E-state index is 0.466. The minimum Gasteiger partial charge on any atom is -0.480 e. The second kappa shape index (κ2) is 4.55. The Morgan fingerprint density at radius 3 is 2.23 bits per heavy atom. The van der Waals surface area contributed by atoms with Crippen LogP contribution >= 0.6 is 0 Å². The van der Waals surface area contributed by atoms with Crippen molar-refractivity contribution in [1.82, 2.24) is 0 Å². The maximum Gasteiger partial charge on any atom is 0.323 e. The zero-order valence-corrected chi connectivity index (χ0v) is 8.40. The average Bonchev–Trinajstić information content (AvgIpc) is 1.97. The molecule has 13 heavy (non-hydrogen) atoms. The van der Waals surface area contributed by atoms with Crippen molar-refractivity contribution in [3.63, 3.8) is 0 Å². The van der Waals surface area contributed by atoms with E-state index >= 15 is 0 Å². The molecule has 0 aliphatic heterocycles. The van der Waals surface area contributed by atoms with Crippen molar-refractivity contribution < 1.29 is 19.7 Å². The smallest absolute Gasteiger partial charge is 0.323 e. The number of nitrogens with two attached hydrogens (primary N) is 1. The Bertz CT molecular complexity index is 175. The molecule has 78 valence electrons. The Balaban J connectivity index is 3.88. The van der Waals surface area contributed by atoms with Gasteiger partial charge in [0.2, 0.25) is 0 Å². The van der Waals surface area contributed by atoms with Gasteiger partial charge in [-0.15, -0.1) is 0 Å². The number of hydrogen-bond acceptors (Lipinski definition) is 4. The van der Waals surface area contributed by atoms with E-state index in [2.05, 4.69) is 0 Å². The predicted molar refractivity (Wildman–Crippen MR) is 47.0 cm³/mol. The van der Waals surface area contributed by atoms with Gasteiger partial charge < -0.3 is 10.8 Å². The molecule has 0 unspecified atom stereocenters. The number of carbonyl (C=O) groups is 1. The van der Waals surface area contributed by atoms with E-state index in [1.807, 2.05) is 0 Å². The summed E-state index contributed by atoms with van der Waals surface area (Å²) < 4.78 is 0. The lowest BCUT2D eigenvalue weighted by molar-refractivity contribution is -0.371. The summed E-state index contributed by atoms with van der Waals surface area (Å²) in [5.74, 6) is -1.11. The van der Waals surface area contributed by atoms with Crippen LogP contribution in [0.4, 0.5) is 0 Å². The lowest BCUT2D eigenvalue weighted by Crippen LogP contribution is -2.42. The van der Waals surface area contributed by atoms with Crippen LogP contribution in [-0.2, 0) is 14.6 Å². The van der Waals surface area contributed by atoms with E-state index < -0.39 is 23.7 Å². The summed E-state index contributed by atoms with van der Waals surface area (Å²) in [7, 11) is 0. The summed E-state index contributed by atoms with van der Waals surface area (Å²) >= 11 is 0. The van der Waals surface area contributed by atoms with E-state index in [1.165, 1.54) is 0 Å². The van der Waals surface area contributed by atoms with Crippen LogP contribution in [0.25, 0.3) is 0 Å². The van der Waals surface area contributed by atoms with Crippen molar-refractivity contribution in [3.8, 4) is 0 Å². The Morgan fingerprint density at radius 2 is 1.92 bits per heavy atom. The molecule has 0 fully saturated rings. The number of aliphatic carboxylic acids is 1. The molecule has 0 rings (SSSR count). The highest BCUT2D eigenvalue weighted by molar-refractivity contribution is 5.73. The van der Waals surface area contributed by atoms with Crippen molar-refractivity contribution in [2.45, 2.75) is 45.4 Å². The van der Waals surface area contributed by atoms with Gasteiger partial charge in [-0.25, -0.2) is 9.78 Å². The maximum absolute atomic E-state index is 10.4. The summed E-state index contributed by atoms with van der Waals surface area (Å²) in [6, 6.07) is -1.07. The van der Waals surface area contributed by atoms with Gasteiger partial charge in [0.15, 0.2) is 0 Å². The van der Waals surface area contributed by atoms with Crippen molar-refractivity contribution in [2.75, 3.05) is 0 Å². The number of rotatable bonds is 4. The van der Waals surface area contributed by atoms with Gasteiger partial charge in [0, 0.05) is 0 Å². The van der Waals surface area contributed by atoms with Crippen LogP contribution in [0.2, 0.25) is 0 Å². The normalized spacial score (nSPS) is 16.7. The Hall–Kier alpha value is -0.650. The van der Waals surface area contributed by atoms with Crippen LogP contribution < -0.4 is 5.73 Å². The van der Waals surface area contributed by atoms with Crippen molar-refractivity contribution in [1.29, 1.82) is 0 Å². The first kappa shape index (κ1) is 12.3. The third-order valence-corrected chi connectivity index (χ3v) is 1.24. The molecule has 3 N–H and O–H groups in total. The van der Waals surface area contributed by atoms with Gasteiger partial charge in [-0.1, -0.05) is 0 Å². The Morgan fingerprint density at radius 1 is 1.46 bits per heavy atom. The summed E-state index contributed by atoms with van der Waals surface area (Å²) in [4.78, 5) is 20.1. The highest BCUT2D eigenvalue weighted by Crippen LogP contribution is 2.09. The lowest BCUT2D eigenvalue weighted by atomic mass is 10.2. The largest absolute Gasteiger partial charge is 0.480 e. The second-order valence-corrected chi connectivity index (χ2v) is 3.86. The van der Waals surface area contributed by atoms with Crippen LogP contribution in [0.3, 0.4) is 0 Å². The molecule has 0 heterocycles. The molecule has 0 bridgehead atoms. The average molecular weight is 191 g/mol. The van der Waals surface area contributed by atoms with E-state index in [1.54, 1.807) is 27.7 Å². The molecule has 0 spiro atoms. The standard InChI is InChI=1S/C8H17NO4/c1-5(6(9)7(10)11)12-13-8(2,3)4/h5-6H,9H2,1-4H3,(H,10,11)/t5-,6+/m1/s1. The summed E-state index contributed by atoms with van der Waals surface area (Å²) in [6.07, 6.45) is -0.670. The molecule has 0 aromatic heterocycles. The van der Waals surface area contributed by atoms with E-state index in [0.717, 1.165) is 0 Å². The third kappa shape index (κ3) is 5.57. The minimum atomic E-state index is -1.11. The Kier molecular flexibility index (Phi) is 4.32. The van der Waals surface area contributed by atoms with Gasteiger partial charge in [0.25, 0.3) is 0 Å². The van der Waals surface area contributed by atoms with E-state index in [9.17, 15) is 4.79 Å². The zero-order chi connectivity index (χ0) is 10.6. The summed E-state index contributed by atoms with van der Waals surface area (Å²) in [5, 5.41) is 8.52. The van der Waals surface area contributed by atoms with Gasteiger partial charge in [0.1, 0.15) is 12.1 Å². The van der Waals surface area contributed by atoms with E-state index in [4.69, 9.17) is 20.6 Å². The first-order valence-electron chi connectivity index (χ1n) is 4.07. The number of carboxylic acid groups (broad SMARTS) is 1. The molecule has 0 aromatic carbocycles. The van der Waals surface area contributed by atoms with Gasteiger partial charge in [-0.2, -0.15) is 0 Å². The first-order valence-corrected chi connectivity index (χ1v) is 4.07. The summed E-state index contributed by atoms with van der Waals surface area (Å²) in [6.45, 7) is 6.94. The number of hydrogen-bond donors (Lipinski definition) is 2. The molecule has 0 saturated heterocycles. The zero-order valence-electron chi connectivity index (χ0n) is 8.40. The molecule has 5 nitrogen and oxygen atoms in total. The first-order chi connectivity index (χ1) is 5.74. The van der Waals surface area contributed by atoms with Crippen LogP contribution in [0, 0.1) is 0 Å². The van der Waals surface area contributed by atoms with Crippen molar-refractivity contribution in [3.05, 3.63) is 0 Å². The molecule has 0 aliphatic carbocycles. The highest BCUT2D eigenvalue weighted by Gasteiger charge is 2.23. The second-order valence-electron chi connectivity index (χ2n) is 3.86. The molecule has 5 heteroatoms. The van der Waals surface area contributed by atoms with Crippen LogP contribution in [0.1, 0.15) is 27.7 Å². The SMILES string of the molecule is C[C@@H](OOC(C)(C)C)[C@H](N)C(=O)O. The third-order valence-electron chi connectivity index (χ3n) is 1.24. The quantitative estimate of drug-likeness (QED) is 0.500. The monoisotopic (exact) mass is 191 g/mol. The molecule has 0 aliphatic rings. The molecular formula is C8H17NO4. The molecule has 0 aromatic rings. The fourth-order valence-electron chi connectivity index (χ4n) is 0.481. The van der Waals surface area contributed by atoms with Crippen LogP contribution in [-0.4, -0.2) is 28.8 Å². The lowest BCUT2D eigenvalue weighted by Gasteiger charge is -2.22. The topological polar surface area (TPSA) is 81.8 Å². The highest BCUT2D eigenvalue weighted by atomic mass is 17.2. The van der Waals surface area contributed by atoms with Crippen LogP contribution in [0.15, 0.2) is 0 Å². The molecule has 0 saturated carbocycles. The molecule has 0 amide bonds. The van der Waals surface area contributed by atoms with Gasteiger partial charge >= 0.3 is 5.97 Å². The van der Waals surface area contributed by atoms with Gasteiger partial charge in [0.05, 0.1) is 5.60 Å². The van der Waals surface area contributed by atoms with Crippen molar-refractivity contribution in [2.24, 2.45) is 5.73 Å². The number of carboxylic acids is 1. The molecule has 0 radical (unpaired) electrons. The maximum atomic E-state index is 10.4. The Labute approximate surface area is 77.7 Å². The fraction of sp³-hybridized carbons (Fsp3) is 0.875. The summed E-state index contributed by atoms with van der Waals surface area (Å²) in [5.41, 5.74) is 4.82. The fourth-order valence-corrected chi connectivity index (χ4v) is 0.481. The van der Waals surface area contributed by atoms with E-state index in [-0.39, 0.29) is 0 Å². The van der Waals surface area contributed by atoms with E-state index in [0.29, 0.717) is 0 Å². The molecule has 2 atom stereocenters. The molecular weight excluding hydrogens is 174 g/mol. The van der Waals surface area contributed by atoms with Gasteiger partial charge in [-0.05, 0) is 27.7 Å². The van der Waals surface area contributed by atoms with Crippen molar-refractivity contribution >= 4 is 5.97 Å². The predicted octanol–water partition coefficient (Wildman–Crippen LogP) is 0.534.